The molecule has 4 unspecified atom stereocenters. The number of unbranched alkanes of at least 4 members (excludes halogenated alkanes) is 14. The molecule has 392 valence electrons. The van der Waals surface area contributed by atoms with Crippen molar-refractivity contribution in [3.63, 3.8) is 0 Å². The van der Waals surface area contributed by atoms with Crippen LogP contribution in [0.3, 0.4) is 0 Å². The third-order valence-corrected chi connectivity index (χ3v) is 18.0. The van der Waals surface area contributed by atoms with Crippen molar-refractivity contribution in [1.29, 1.82) is 0 Å². The number of carbonyl (C=O) groups excluding carboxylic acids is 4. The molecule has 2 aromatic carbocycles. The van der Waals surface area contributed by atoms with E-state index in [1.165, 1.54) is 197 Å². The van der Waals surface area contributed by atoms with E-state index in [-0.39, 0.29) is 35.0 Å². The molecule has 0 heterocycles. The monoisotopic (exact) mass is 961 g/mol. The zero-order valence-electron chi connectivity index (χ0n) is 45.7. The highest BCUT2D eigenvalue weighted by atomic mass is 16.2. The van der Waals surface area contributed by atoms with Crippen molar-refractivity contribution in [1.82, 2.24) is 0 Å². The fourth-order valence-electron chi connectivity index (χ4n) is 13.2. The molecule has 2 aromatic rings. The van der Waals surface area contributed by atoms with Crippen molar-refractivity contribution >= 4 is 23.1 Å². The zero-order valence-corrected chi connectivity index (χ0v) is 45.7. The Morgan fingerprint density at radius 2 is 0.643 bits per heavy atom. The van der Waals surface area contributed by atoms with Crippen molar-refractivity contribution in [2.45, 2.75) is 284 Å². The molecule has 4 saturated carbocycles. The number of ketones is 4. The van der Waals surface area contributed by atoms with Crippen molar-refractivity contribution in [2.75, 3.05) is 0 Å². The van der Waals surface area contributed by atoms with Gasteiger partial charge in [-0.15, -0.1) is 0 Å². The minimum atomic E-state index is -0.349. The highest BCUT2D eigenvalue weighted by molar-refractivity contribution is 6.04. The maximum absolute atomic E-state index is 13.0. The van der Waals surface area contributed by atoms with Crippen LogP contribution in [0.1, 0.15) is 293 Å². The number of rotatable bonds is 30. The summed E-state index contributed by atoms with van der Waals surface area (Å²) in [6.07, 6.45) is 45.8. The Bertz CT molecular complexity index is 1740. The normalized spacial score (nSPS) is 25.0. The summed E-state index contributed by atoms with van der Waals surface area (Å²) in [5.41, 5.74) is 5.05. The molecule has 0 saturated heterocycles. The molecule has 4 nitrogen and oxygen atoms in total. The standard InChI is InChI=1S/C34H54O2.C32H50O2/c1-3-5-7-9-11-13-27-15-20-30(21-16-27)31-22-17-29(18-23-31)26-34(36)32-24-19-28(25-33(32)35)14-12-10-8-6-4-2;1-3-5-7-8-10-11-25-13-18-28(19-14-25)29-20-15-27(16-21-29)24-32(34)30-22-17-26(23-31(30)33)12-9-6-4-2/h17-18,22-23,27-28,30,32H,3-16,19-21,24-26H2,1-2H3;15-16,20-21,25-26,28,30H,3-14,17-19,22-24H2,1-2H3/t27-,28?,30-,32?;25-,26?,28-,30?. The van der Waals surface area contributed by atoms with Gasteiger partial charge in [0.25, 0.3) is 0 Å². The minimum absolute atomic E-state index is 0.143. The lowest BCUT2D eigenvalue weighted by Crippen LogP contribution is -2.32. The average molecular weight is 962 g/mol. The van der Waals surface area contributed by atoms with Gasteiger partial charge in [0.1, 0.15) is 23.1 Å². The smallest absolute Gasteiger partial charge is 0.147 e. The molecule has 4 heteroatoms. The van der Waals surface area contributed by atoms with Crippen LogP contribution in [0.15, 0.2) is 48.5 Å². The van der Waals surface area contributed by atoms with E-state index in [1.54, 1.807) is 0 Å². The highest BCUT2D eigenvalue weighted by Gasteiger charge is 2.34. The fraction of sp³-hybridized carbons (Fsp3) is 0.758. The maximum Gasteiger partial charge on any atom is 0.147 e. The Morgan fingerprint density at radius 3 is 0.971 bits per heavy atom. The largest absolute Gasteiger partial charge is 0.299 e. The molecule has 0 amide bonds. The predicted octanol–water partition coefficient (Wildman–Crippen LogP) is 18.8. The van der Waals surface area contributed by atoms with E-state index in [4.69, 9.17) is 0 Å². The lowest BCUT2D eigenvalue weighted by molar-refractivity contribution is -0.136. The predicted molar refractivity (Wildman–Crippen MR) is 296 cm³/mol. The van der Waals surface area contributed by atoms with E-state index < -0.39 is 0 Å². The van der Waals surface area contributed by atoms with Crippen LogP contribution in [0.25, 0.3) is 0 Å². The van der Waals surface area contributed by atoms with E-state index >= 15 is 0 Å². The molecular weight excluding hydrogens is 857 g/mol. The second-order valence-electron chi connectivity index (χ2n) is 23.6. The number of hydrogen-bond donors (Lipinski definition) is 0. The van der Waals surface area contributed by atoms with Gasteiger partial charge < -0.3 is 0 Å². The first-order valence-corrected chi connectivity index (χ1v) is 30.5. The minimum Gasteiger partial charge on any atom is -0.299 e. The average Bonchev–Trinajstić information content (AvgIpc) is 3.37. The quantitative estimate of drug-likeness (QED) is 0.0578. The van der Waals surface area contributed by atoms with Crippen molar-refractivity contribution in [2.24, 2.45) is 35.5 Å². The van der Waals surface area contributed by atoms with E-state index in [0.717, 1.165) is 55.1 Å². The van der Waals surface area contributed by atoms with Crippen LogP contribution in [-0.2, 0) is 32.0 Å². The summed E-state index contributed by atoms with van der Waals surface area (Å²) in [4.78, 5) is 51.3. The third-order valence-electron chi connectivity index (χ3n) is 18.0. The van der Waals surface area contributed by atoms with Gasteiger partial charge in [-0.05, 0) is 135 Å². The third kappa shape index (κ3) is 20.9. The summed E-state index contributed by atoms with van der Waals surface area (Å²) >= 11 is 0. The van der Waals surface area contributed by atoms with E-state index in [9.17, 15) is 19.2 Å². The second kappa shape index (κ2) is 33.8. The second-order valence-corrected chi connectivity index (χ2v) is 23.6. The molecule has 4 aliphatic carbocycles. The SMILES string of the molecule is CCCCCCCC1CCC(C(=O)Cc2ccc([C@H]3CC[C@H](CCCCCCC)CC3)cc2)C(=O)C1.CCCCCCC[C@H]1CC[C@H](c2ccc(CC(=O)C3CCC(CCCCC)CC3=O)cc2)CC1. The Balaban J connectivity index is 0.000000261. The van der Waals surface area contributed by atoms with E-state index in [2.05, 4.69) is 76.2 Å². The lowest BCUT2D eigenvalue weighted by Gasteiger charge is -2.29. The molecule has 0 N–H and O–H groups in total. The van der Waals surface area contributed by atoms with Gasteiger partial charge in [0.15, 0.2) is 0 Å². The highest BCUT2D eigenvalue weighted by Crippen LogP contribution is 2.40. The summed E-state index contributed by atoms with van der Waals surface area (Å²) in [5.74, 6) is 4.28. The summed E-state index contributed by atoms with van der Waals surface area (Å²) in [6, 6.07) is 17.6. The fourth-order valence-corrected chi connectivity index (χ4v) is 13.2. The van der Waals surface area contributed by atoms with Crippen LogP contribution >= 0.6 is 0 Å². The molecule has 0 bridgehead atoms. The Morgan fingerprint density at radius 1 is 0.357 bits per heavy atom. The van der Waals surface area contributed by atoms with Crippen LogP contribution in [0.5, 0.6) is 0 Å². The van der Waals surface area contributed by atoms with Gasteiger partial charge in [-0.25, -0.2) is 0 Å². The van der Waals surface area contributed by atoms with Gasteiger partial charge in [0, 0.05) is 25.7 Å². The van der Waals surface area contributed by atoms with Crippen LogP contribution < -0.4 is 0 Å². The van der Waals surface area contributed by atoms with Crippen molar-refractivity contribution in [3.05, 3.63) is 70.8 Å². The first-order chi connectivity index (χ1) is 34.2. The summed E-state index contributed by atoms with van der Waals surface area (Å²) in [5, 5.41) is 0. The summed E-state index contributed by atoms with van der Waals surface area (Å²) in [6.45, 7) is 9.03. The molecule has 0 spiro atoms. The maximum atomic E-state index is 13.0. The van der Waals surface area contributed by atoms with Gasteiger partial charge >= 0.3 is 0 Å². The first-order valence-electron chi connectivity index (χ1n) is 30.5. The summed E-state index contributed by atoms with van der Waals surface area (Å²) < 4.78 is 0. The summed E-state index contributed by atoms with van der Waals surface area (Å²) in [7, 11) is 0. The number of Topliss-reactive ketones (excluding diaryl/α,β-unsaturated/α-hetero) is 4. The Hall–Kier alpha value is -2.88. The van der Waals surface area contributed by atoms with Crippen LogP contribution in [0.4, 0.5) is 0 Å². The van der Waals surface area contributed by atoms with E-state index in [1.807, 2.05) is 0 Å². The van der Waals surface area contributed by atoms with Crippen LogP contribution in [-0.4, -0.2) is 23.1 Å². The van der Waals surface area contributed by atoms with Crippen molar-refractivity contribution in [3.8, 4) is 0 Å². The number of benzene rings is 2. The van der Waals surface area contributed by atoms with Gasteiger partial charge in [0.05, 0.1) is 11.8 Å². The van der Waals surface area contributed by atoms with Gasteiger partial charge in [0.2, 0.25) is 0 Å². The molecule has 6 rings (SSSR count). The topological polar surface area (TPSA) is 68.3 Å². The molecule has 4 fully saturated rings. The molecule has 0 radical (unpaired) electrons. The van der Waals surface area contributed by atoms with Crippen LogP contribution in [0.2, 0.25) is 0 Å². The zero-order chi connectivity index (χ0) is 49.8. The number of hydrogen-bond acceptors (Lipinski definition) is 4. The molecule has 4 atom stereocenters. The van der Waals surface area contributed by atoms with Gasteiger partial charge in [-0.1, -0.05) is 217 Å². The van der Waals surface area contributed by atoms with Gasteiger partial charge in [-0.3, -0.25) is 19.2 Å². The molecule has 70 heavy (non-hydrogen) atoms. The van der Waals surface area contributed by atoms with Crippen molar-refractivity contribution < 1.29 is 19.2 Å². The van der Waals surface area contributed by atoms with E-state index in [0.29, 0.717) is 49.4 Å². The molecule has 0 aliphatic heterocycles. The molecule has 0 aromatic heterocycles. The molecule has 4 aliphatic rings. The Labute approximate surface area is 430 Å². The van der Waals surface area contributed by atoms with Gasteiger partial charge in [-0.2, -0.15) is 0 Å². The lowest BCUT2D eigenvalue weighted by atomic mass is 9.76. The molecular formula is C66H104O4. The Kier molecular flexibility index (Phi) is 28.0. The van der Waals surface area contributed by atoms with Crippen LogP contribution in [0, 0.1) is 35.5 Å². The number of carbonyl (C=O) groups is 4. The first kappa shape index (κ1) is 58.0.